The number of aliphatic hydroxyl groups is 1. The number of amides is 1. The minimum Gasteiger partial charge on any atom is -0.448 e. The van der Waals surface area contributed by atoms with Crippen LogP contribution in [0.1, 0.15) is 24.0 Å². The molecule has 194 valence electrons. The molecule has 3 heterocycles. The van der Waals surface area contributed by atoms with Crippen LogP contribution in [-0.2, 0) is 19.1 Å². The molecule has 2 saturated heterocycles. The summed E-state index contributed by atoms with van der Waals surface area (Å²) in [5.41, 5.74) is 9.72. The lowest BCUT2D eigenvalue weighted by Gasteiger charge is -2.40. The number of benzene rings is 2. The van der Waals surface area contributed by atoms with E-state index in [0.29, 0.717) is 6.54 Å². The number of rotatable bonds is 4. The summed E-state index contributed by atoms with van der Waals surface area (Å²) in [6.45, 7) is 1.57. The summed E-state index contributed by atoms with van der Waals surface area (Å²) in [7, 11) is 1.48. The van der Waals surface area contributed by atoms with Gasteiger partial charge in [-0.1, -0.05) is 48.5 Å². The van der Waals surface area contributed by atoms with Gasteiger partial charge in [-0.25, -0.2) is 4.79 Å². The zero-order valence-electron chi connectivity index (χ0n) is 21.0. The Morgan fingerprint density at radius 1 is 1.08 bits per heavy atom. The fraction of sp³-hybridized carbons (Fsp3) is 0.345. The molecule has 0 unspecified atom stereocenters. The minimum atomic E-state index is -1.24. The summed E-state index contributed by atoms with van der Waals surface area (Å²) < 4.78 is 11.9. The highest BCUT2D eigenvalue weighted by Gasteiger charge is 2.77. The average molecular weight is 514 g/mol. The molecule has 2 aromatic carbocycles. The van der Waals surface area contributed by atoms with E-state index in [-0.39, 0.29) is 46.9 Å². The lowest BCUT2D eigenvalue weighted by molar-refractivity contribution is -0.144. The monoisotopic (exact) mass is 513 g/mol. The molecule has 2 aromatic rings. The highest BCUT2D eigenvalue weighted by Crippen LogP contribution is 2.59. The van der Waals surface area contributed by atoms with Crippen LogP contribution >= 0.6 is 0 Å². The number of fused-ring (bicyclic) bond motifs is 7. The molecule has 2 fully saturated rings. The number of carbonyl (C=O) groups excluding carboxylic acids is 3. The summed E-state index contributed by atoms with van der Waals surface area (Å²) in [6.07, 6.45) is -0.481. The third-order valence-corrected chi connectivity index (χ3v) is 9.03. The molecule has 5 aliphatic rings. The van der Waals surface area contributed by atoms with Gasteiger partial charge in [-0.2, -0.15) is 0 Å². The third kappa shape index (κ3) is 2.65. The highest BCUT2D eigenvalue weighted by molar-refractivity contribution is 6.25. The van der Waals surface area contributed by atoms with Crippen molar-refractivity contribution in [3.63, 3.8) is 0 Å². The Balaban J connectivity index is 1.14. The second-order valence-corrected chi connectivity index (χ2v) is 10.5. The number of piperazine rings is 1. The number of hydrogen-bond acceptors (Lipinski definition) is 8. The first-order valence-corrected chi connectivity index (χ1v) is 12.7. The van der Waals surface area contributed by atoms with Gasteiger partial charge in [0, 0.05) is 30.7 Å². The molecule has 0 bridgehead atoms. The van der Waals surface area contributed by atoms with Crippen LogP contribution in [0.3, 0.4) is 0 Å². The second-order valence-electron chi connectivity index (χ2n) is 10.5. The number of allylic oxidation sites excluding steroid dienone is 2. The van der Waals surface area contributed by atoms with Crippen LogP contribution in [0.4, 0.5) is 4.79 Å². The van der Waals surface area contributed by atoms with Gasteiger partial charge < -0.3 is 25.2 Å². The van der Waals surface area contributed by atoms with Crippen molar-refractivity contribution in [3.8, 4) is 11.1 Å². The van der Waals surface area contributed by atoms with E-state index in [1.807, 2.05) is 24.3 Å². The van der Waals surface area contributed by atoms with Crippen molar-refractivity contribution in [2.24, 2.45) is 11.7 Å². The van der Waals surface area contributed by atoms with E-state index in [9.17, 15) is 19.5 Å². The number of nitrogens with zero attached hydrogens (tertiary/aromatic N) is 2. The van der Waals surface area contributed by atoms with Gasteiger partial charge in [-0.05, 0) is 29.2 Å². The van der Waals surface area contributed by atoms with Gasteiger partial charge in [-0.3, -0.25) is 14.5 Å². The molecule has 0 saturated carbocycles. The Hall–Kier alpha value is -3.95. The Kier molecular flexibility index (Phi) is 4.75. The lowest BCUT2D eigenvalue weighted by Crippen LogP contribution is -2.55. The molecule has 1 amide bonds. The Morgan fingerprint density at radius 2 is 1.71 bits per heavy atom. The van der Waals surface area contributed by atoms with Gasteiger partial charge in [-0.15, -0.1) is 0 Å². The molecule has 7 rings (SSSR count). The number of hydrogen-bond donors (Lipinski definition) is 2. The van der Waals surface area contributed by atoms with Gasteiger partial charge in [0.25, 0.3) is 0 Å². The molecule has 4 atom stereocenters. The van der Waals surface area contributed by atoms with Gasteiger partial charge in [0.2, 0.25) is 11.6 Å². The van der Waals surface area contributed by atoms with Gasteiger partial charge in [0.05, 0.1) is 30.0 Å². The molecule has 3 aliphatic heterocycles. The van der Waals surface area contributed by atoms with Crippen molar-refractivity contribution in [1.82, 2.24) is 9.80 Å². The number of aliphatic hydroxyl groups excluding tert-OH is 1. The van der Waals surface area contributed by atoms with Gasteiger partial charge in [0.15, 0.2) is 5.72 Å². The van der Waals surface area contributed by atoms with Crippen molar-refractivity contribution in [3.05, 3.63) is 82.2 Å². The summed E-state index contributed by atoms with van der Waals surface area (Å²) >= 11 is 0. The van der Waals surface area contributed by atoms with Crippen molar-refractivity contribution in [1.29, 1.82) is 0 Å². The van der Waals surface area contributed by atoms with E-state index in [1.165, 1.54) is 14.0 Å². The van der Waals surface area contributed by atoms with Crippen LogP contribution < -0.4 is 5.73 Å². The van der Waals surface area contributed by atoms with E-state index >= 15 is 0 Å². The maximum absolute atomic E-state index is 13.4. The molecule has 9 heteroatoms. The zero-order valence-corrected chi connectivity index (χ0v) is 21.0. The third-order valence-electron chi connectivity index (χ3n) is 9.03. The molecule has 0 radical (unpaired) electrons. The van der Waals surface area contributed by atoms with Gasteiger partial charge >= 0.3 is 6.09 Å². The summed E-state index contributed by atoms with van der Waals surface area (Å²) in [5.74, 6) is -1.71. The first-order chi connectivity index (χ1) is 18.4. The topological polar surface area (TPSA) is 122 Å². The van der Waals surface area contributed by atoms with Crippen molar-refractivity contribution >= 4 is 17.7 Å². The molecule has 3 N–H and O–H groups in total. The average Bonchev–Trinajstić information content (AvgIpc) is 3.28. The Bertz CT molecular complexity index is 1440. The number of ether oxygens (including phenoxy) is 2. The standard InChI is InChI=1S/C29H27N3O6/c1-14-23(30)26(35)22-20(12-33)29(37-2)27-21(11-31(29)24(22)25(14)34)32(27)28(36)38-13-19-17-9-5-3-7-15(17)16-8-4-6-10-18(16)19/h3-10,19-21,27,33H,11-13,30H2,1-2H3/t20-,21+,27+,29-,32?/m1/s1. The maximum Gasteiger partial charge on any atom is 0.410 e. The maximum atomic E-state index is 13.4. The van der Waals surface area contributed by atoms with Crippen molar-refractivity contribution < 1.29 is 29.0 Å². The Labute approximate surface area is 219 Å². The van der Waals surface area contributed by atoms with Crippen molar-refractivity contribution in [2.45, 2.75) is 30.7 Å². The number of Topliss-reactive ketones (excluding diaryl/α,β-unsaturated/α-hetero) is 2. The minimum absolute atomic E-state index is 0.0723. The van der Waals surface area contributed by atoms with Gasteiger partial charge in [0.1, 0.15) is 12.6 Å². The van der Waals surface area contributed by atoms with Crippen LogP contribution in [0.15, 0.2) is 71.1 Å². The van der Waals surface area contributed by atoms with Crippen LogP contribution in [0.5, 0.6) is 0 Å². The van der Waals surface area contributed by atoms with Crippen molar-refractivity contribution in [2.75, 3.05) is 26.9 Å². The fourth-order valence-electron chi connectivity index (χ4n) is 7.25. The molecular formula is C29H27N3O6. The fourth-order valence-corrected chi connectivity index (χ4v) is 7.25. The second kappa shape index (κ2) is 7.78. The predicted octanol–water partition coefficient (Wildman–Crippen LogP) is 1.91. The SMILES string of the molecule is CO[C@@]12[C@H](CO)C3=C(C(=O)C(C)=C(N)C3=O)N1C[C@H]1[C@@H]2N1C(=O)OCC1c2ccccc2-c2ccccc21. The van der Waals surface area contributed by atoms with Crippen LogP contribution in [0.2, 0.25) is 0 Å². The zero-order chi connectivity index (χ0) is 26.5. The molecule has 0 aromatic heterocycles. The number of nitrogens with two attached hydrogens (primary N) is 1. The summed E-state index contributed by atoms with van der Waals surface area (Å²) in [5, 5.41) is 10.4. The number of carbonyl (C=O) groups is 3. The van der Waals surface area contributed by atoms with E-state index in [2.05, 4.69) is 24.3 Å². The Morgan fingerprint density at radius 3 is 2.32 bits per heavy atom. The largest absolute Gasteiger partial charge is 0.448 e. The highest BCUT2D eigenvalue weighted by atomic mass is 16.6. The molecule has 9 nitrogen and oxygen atoms in total. The predicted molar refractivity (Wildman–Crippen MR) is 135 cm³/mol. The number of methoxy groups -OCH3 is 1. The first kappa shape index (κ1) is 23.2. The quantitative estimate of drug-likeness (QED) is 0.470. The molecular weight excluding hydrogens is 486 g/mol. The van der Waals surface area contributed by atoms with Crippen LogP contribution in [-0.4, -0.2) is 77.2 Å². The molecule has 38 heavy (non-hydrogen) atoms. The lowest BCUT2D eigenvalue weighted by atomic mass is 9.82. The van der Waals surface area contributed by atoms with Crippen LogP contribution in [0, 0.1) is 5.92 Å². The van der Waals surface area contributed by atoms with E-state index < -0.39 is 36.2 Å². The van der Waals surface area contributed by atoms with E-state index in [4.69, 9.17) is 15.2 Å². The number of ketones is 2. The van der Waals surface area contributed by atoms with E-state index in [0.717, 1.165) is 22.3 Å². The summed E-state index contributed by atoms with van der Waals surface area (Å²) in [6, 6.07) is 15.5. The smallest absolute Gasteiger partial charge is 0.410 e. The normalized spacial score (nSPS) is 28.9. The molecule has 2 aliphatic carbocycles. The molecule has 0 spiro atoms. The first-order valence-electron chi connectivity index (χ1n) is 12.7. The van der Waals surface area contributed by atoms with E-state index in [1.54, 1.807) is 9.80 Å². The van der Waals surface area contributed by atoms with Crippen LogP contribution in [0.25, 0.3) is 11.1 Å². The summed E-state index contributed by atoms with van der Waals surface area (Å²) in [4.78, 5) is 43.0.